The minimum absolute atomic E-state index is 0.197. The Morgan fingerprint density at radius 3 is 1.97 bits per heavy atom. The minimum Gasteiger partial charge on any atom is -0.490 e. The molecule has 0 N–H and O–H groups in total. The van der Waals surface area contributed by atoms with Crippen molar-refractivity contribution in [2.24, 2.45) is 5.92 Å². The lowest BCUT2D eigenvalue weighted by Crippen LogP contribution is -2.11. The lowest BCUT2D eigenvalue weighted by atomic mass is 10.1. The van der Waals surface area contributed by atoms with Gasteiger partial charge in [0.2, 0.25) is 0 Å². The lowest BCUT2D eigenvalue weighted by Gasteiger charge is -2.09. The van der Waals surface area contributed by atoms with Crippen molar-refractivity contribution < 1.29 is 14.3 Å². The van der Waals surface area contributed by atoms with Gasteiger partial charge in [0.25, 0.3) is 0 Å². The summed E-state index contributed by atoms with van der Waals surface area (Å²) in [6.45, 7) is 7.08. The molecule has 182 valence electrons. The highest BCUT2D eigenvalue weighted by Gasteiger charge is 2.10. The van der Waals surface area contributed by atoms with E-state index in [0.717, 1.165) is 18.4 Å². The van der Waals surface area contributed by atoms with Crippen LogP contribution in [0.3, 0.4) is 0 Å². The summed E-state index contributed by atoms with van der Waals surface area (Å²) in [4.78, 5) is 20.8. The second kappa shape index (κ2) is 16.2. The average molecular weight is 455 g/mol. The number of benzene rings is 1. The molecule has 0 saturated heterocycles. The van der Waals surface area contributed by atoms with Crippen LogP contribution < -0.4 is 9.47 Å². The third-order valence-corrected chi connectivity index (χ3v) is 5.95. The molecule has 0 aliphatic carbocycles. The van der Waals surface area contributed by atoms with Crippen LogP contribution in [0.5, 0.6) is 11.5 Å². The molecule has 0 aliphatic rings. The zero-order valence-corrected chi connectivity index (χ0v) is 20.9. The molecule has 0 spiro atoms. The summed E-state index contributed by atoms with van der Waals surface area (Å²) < 4.78 is 11.2. The normalized spacial score (nSPS) is 11.8. The van der Waals surface area contributed by atoms with Gasteiger partial charge in [0.15, 0.2) is 11.6 Å². The highest BCUT2D eigenvalue weighted by atomic mass is 16.5. The van der Waals surface area contributed by atoms with Gasteiger partial charge in [-0.25, -0.2) is 9.97 Å². The zero-order valence-electron chi connectivity index (χ0n) is 20.9. The Kier molecular flexibility index (Phi) is 13.2. The van der Waals surface area contributed by atoms with Gasteiger partial charge in [-0.05, 0) is 36.6 Å². The van der Waals surface area contributed by atoms with Crippen molar-refractivity contribution in [2.75, 3.05) is 6.61 Å². The summed E-state index contributed by atoms with van der Waals surface area (Å²) in [5, 5.41) is 0. The molecule has 1 unspecified atom stereocenters. The number of carbonyl (C=O) groups is 1. The SMILES string of the molecule is CCCCCCCCCCCCOc1cnc(-c2ccc(OC(=O)CC(C)CC)cc2)nc1. The van der Waals surface area contributed by atoms with Crippen molar-refractivity contribution in [2.45, 2.75) is 97.8 Å². The maximum atomic E-state index is 11.9. The predicted molar refractivity (Wildman–Crippen MR) is 135 cm³/mol. The van der Waals surface area contributed by atoms with E-state index in [9.17, 15) is 4.79 Å². The molecule has 2 rings (SSSR count). The van der Waals surface area contributed by atoms with Crippen LogP contribution in [0.15, 0.2) is 36.7 Å². The van der Waals surface area contributed by atoms with E-state index in [1.165, 1.54) is 57.8 Å². The second-order valence-electron chi connectivity index (χ2n) is 8.99. The summed E-state index contributed by atoms with van der Waals surface area (Å²) in [6, 6.07) is 7.29. The first kappa shape index (κ1) is 26.8. The third kappa shape index (κ3) is 11.3. The maximum Gasteiger partial charge on any atom is 0.311 e. The average Bonchev–Trinajstić information content (AvgIpc) is 2.83. The van der Waals surface area contributed by atoms with Crippen LogP contribution in [0.25, 0.3) is 11.4 Å². The number of unbranched alkanes of at least 4 members (excludes halogenated alkanes) is 9. The van der Waals surface area contributed by atoms with Crippen LogP contribution in [-0.4, -0.2) is 22.5 Å². The van der Waals surface area contributed by atoms with Crippen molar-refractivity contribution in [3.8, 4) is 22.9 Å². The van der Waals surface area contributed by atoms with E-state index < -0.39 is 0 Å². The Balaban J connectivity index is 1.64. The molecule has 1 aromatic carbocycles. The largest absolute Gasteiger partial charge is 0.490 e. The van der Waals surface area contributed by atoms with Crippen LogP contribution in [0.1, 0.15) is 97.8 Å². The van der Waals surface area contributed by atoms with Crippen LogP contribution in [-0.2, 0) is 4.79 Å². The Hall–Kier alpha value is -2.43. The number of hydrogen-bond donors (Lipinski definition) is 0. The van der Waals surface area contributed by atoms with E-state index in [1.807, 2.05) is 19.1 Å². The molecule has 5 heteroatoms. The van der Waals surface area contributed by atoms with Crippen LogP contribution >= 0.6 is 0 Å². The predicted octanol–water partition coefficient (Wildman–Crippen LogP) is 7.78. The number of ether oxygens (including phenoxy) is 2. The molecule has 1 atom stereocenters. The highest BCUT2D eigenvalue weighted by Crippen LogP contribution is 2.21. The fourth-order valence-electron chi connectivity index (χ4n) is 3.59. The number of nitrogens with zero attached hydrogens (tertiary/aromatic N) is 2. The van der Waals surface area contributed by atoms with Crippen molar-refractivity contribution in [3.63, 3.8) is 0 Å². The maximum absolute atomic E-state index is 11.9. The molecule has 1 heterocycles. The van der Waals surface area contributed by atoms with Gasteiger partial charge in [-0.1, -0.05) is 85.0 Å². The number of hydrogen-bond acceptors (Lipinski definition) is 5. The van der Waals surface area contributed by atoms with E-state index in [1.54, 1.807) is 24.5 Å². The molecule has 1 aromatic heterocycles. The Bertz CT molecular complexity index is 775. The van der Waals surface area contributed by atoms with Gasteiger partial charge in [0.05, 0.1) is 19.0 Å². The first-order valence-electron chi connectivity index (χ1n) is 12.9. The van der Waals surface area contributed by atoms with Crippen molar-refractivity contribution in [1.82, 2.24) is 9.97 Å². The number of carbonyl (C=O) groups excluding carboxylic acids is 1. The molecule has 0 aliphatic heterocycles. The van der Waals surface area contributed by atoms with E-state index in [-0.39, 0.29) is 5.97 Å². The van der Waals surface area contributed by atoms with Crippen LogP contribution in [0, 0.1) is 5.92 Å². The summed E-state index contributed by atoms with van der Waals surface area (Å²) in [5.74, 6) is 2.00. The van der Waals surface area contributed by atoms with Crippen molar-refractivity contribution in [3.05, 3.63) is 36.7 Å². The zero-order chi connectivity index (χ0) is 23.7. The van der Waals surface area contributed by atoms with Gasteiger partial charge in [-0.15, -0.1) is 0 Å². The van der Waals surface area contributed by atoms with E-state index in [2.05, 4.69) is 23.8 Å². The monoisotopic (exact) mass is 454 g/mol. The Morgan fingerprint density at radius 2 is 1.39 bits per heavy atom. The number of aromatic nitrogens is 2. The molecular weight excluding hydrogens is 412 g/mol. The molecule has 2 aromatic rings. The van der Waals surface area contributed by atoms with Crippen molar-refractivity contribution in [1.29, 1.82) is 0 Å². The van der Waals surface area contributed by atoms with E-state index >= 15 is 0 Å². The second-order valence-corrected chi connectivity index (χ2v) is 8.99. The molecule has 0 saturated carbocycles. The van der Waals surface area contributed by atoms with E-state index in [0.29, 0.717) is 36.3 Å². The smallest absolute Gasteiger partial charge is 0.311 e. The lowest BCUT2D eigenvalue weighted by molar-refractivity contribution is -0.135. The number of esters is 1. The van der Waals surface area contributed by atoms with Crippen LogP contribution in [0.2, 0.25) is 0 Å². The van der Waals surface area contributed by atoms with Crippen molar-refractivity contribution >= 4 is 5.97 Å². The standard InChI is InChI=1S/C28H42N2O3/c1-4-6-7-8-9-10-11-12-13-14-19-32-26-21-29-28(30-22-26)24-15-17-25(18-16-24)33-27(31)20-23(3)5-2/h15-18,21-23H,4-14,19-20H2,1-3H3. The van der Waals surface area contributed by atoms with Gasteiger partial charge < -0.3 is 9.47 Å². The molecule has 5 nitrogen and oxygen atoms in total. The molecule has 0 amide bonds. The third-order valence-electron chi connectivity index (χ3n) is 5.95. The molecule has 0 bridgehead atoms. The van der Waals surface area contributed by atoms with Gasteiger partial charge >= 0.3 is 5.97 Å². The molecule has 0 fully saturated rings. The summed E-state index contributed by atoms with van der Waals surface area (Å²) in [7, 11) is 0. The fourth-order valence-corrected chi connectivity index (χ4v) is 3.59. The quantitative estimate of drug-likeness (QED) is 0.139. The van der Waals surface area contributed by atoms with Crippen LogP contribution in [0.4, 0.5) is 0 Å². The van der Waals surface area contributed by atoms with Gasteiger partial charge in [-0.2, -0.15) is 0 Å². The Labute approximate surface area is 200 Å². The van der Waals surface area contributed by atoms with E-state index in [4.69, 9.17) is 9.47 Å². The summed E-state index contributed by atoms with van der Waals surface area (Å²) >= 11 is 0. The minimum atomic E-state index is -0.197. The molecule has 33 heavy (non-hydrogen) atoms. The molecular formula is C28H42N2O3. The van der Waals surface area contributed by atoms with Gasteiger partial charge in [-0.3, -0.25) is 4.79 Å². The first-order valence-corrected chi connectivity index (χ1v) is 12.9. The summed E-state index contributed by atoms with van der Waals surface area (Å²) in [5.41, 5.74) is 0.873. The topological polar surface area (TPSA) is 61.3 Å². The first-order chi connectivity index (χ1) is 16.1. The fraction of sp³-hybridized carbons (Fsp3) is 0.607. The van der Waals surface area contributed by atoms with Gasteiger partial charge in [0.1, 0.15) is 5.75 Å². The number of rotatable bonds is 17. The highest BCUT2D eigenvalue weighted by molar-refractivity contribution is 5.72. The summed E-state index contributed by atoms with van der Waals surface area (Å²) in [6.07, 6.45) is 18.0. The molecule has 0 radical (unpaired) electrons. The Morgan fingerprint density at radius 1 is 0.818 bits per heavy atom. The van der Waals surface area contributed by atoms with Gasteiger partial charge in [0, 0.05) is 12.0 Å².